The van der Waals surface area contributed by atoms with E-state index in [1.807, 2.05) is 12.2 Å². The van der Waals surface area contributed by atoms with Gasteiger partial charge in [-0.2, -0.15) is 0 Å². The largest absolute Gasteiger partial charge is 1.00 e. The number of rotatable bonds is 0. The molecule has 0 heterocycles. The number of allylic oxidation sites excluding steroid dienone is 4. The zero-order valence-corrected chi connectivity index (χ0v) is 6.60. The standard InChI is InChI=1S/C6H7.Zr.2H/c1-6-4-2-3-5-6;;;/h2-4H,1,5H2;;;/q-1;;2*-1. The molecule has 0 amide bonds. The van der Waals surface area contributed by atoms with Crippen LogP contribution in [0.1, 0.15) is 9.27 Å². The molecule has 0 spiro atoms. The molecule has 0 radical (unpaired) electrons. The van der Waals surface area contributed by atoms with Crippen molar-refractivity contribution in [3.05, 3.63) is 30.7 Å². The summed E-state index contributed by atoms with van der Waals surface area (Å²) >= 11 is 0. The average molecular weight is 172 g/mol. The molecule has 40 valence electrons. The van der Waals surface area contributed by atoms with Gasteiger partial charge < -0.3 is 2.85 Å². The van der Waals surface area contributed by atoms with Crippen molar-refractivity contribution < 1.29 is 29.1 Å². The smallest absolute Gasteiger partial charge is 0 e. The van der Waals surface area contributed by atoms with Crippen molar-refractivity contribution in [2.75, 3.05) is 0 Å². The summed E-state index contributed by atoms with van der Waals surface area (Å²) in [6.07, 6.45) is 7.21. The Morgan fingerprint density at radius 1 is 1.71 bits per heavy atom. The van der Waals surface area contributed by atoms with Gasteiger partial charge in [0.25, 0.3) is 0 Å². The molecule has 0 saturated carbocycles. The maximum Gasteiger partial charge on any atom is 0 e. The van der Waals surface area contributed by atoms with Crippen LogP contribution >= 0.6 is 0 Å². The van der Waals surface area contributed by atoms with Gasteiger partial charge >= 0.3 is 0 Å². The van der Waals surface area contributed by atoms with Crippen LogP contribution in [0.25, 0.3) is 0 Å². The fraction of sp³-hybridized carbons (Fsp3) is 0.167. The molecule has 0 N–H and O–H groups in total. The minimum atomic E-state index is 0. The average Bonchev–Trinajstić information content (AvgIpc) is 1.86. The van der Waals surface area contributed by atoms with Crippen LogP contribution in [-0.2, 0) is 26.2 Å². The Morgan fingerprint density at radius 3 is 2.57 bits per heavy atom. The summed E-state index contributed by atoms with van der Waals surface area (Å²) in [6, 6.07) is 0. The van der Waals surface area contributed by atoms with Gasteiger partial charge in [0.2, 0.25) is 0 Å². The molecule has 1 aliphatic carbocycles. The first kappa shape index (κ1) is 7.23. The zero-order chi connectivity index (χ0) is 4.41. The summed E-state index contributed by atoms with van der Waals surface area (Å²) in [7, 11) is 0. The topological polar surface area (TPSA) is 0 Å². The quantitative estimate of drug-likeness (QED) is 0.490. The summed E-state index contributed by atoms with van der Waals surface area (Å²) in [5, 5.41) is 0. The summed E-state index contributed by atoms with van der Waals surface area (Å²) in [6.45, 7) is 3.74. The van der Waals surface area contributed by atoms with Crippen molar-refractivity contribution in [3.63, 3.8) is 0 Å². The van der Waals surface area contributed by atoms with Crippen molar-refractivity contribution in [3.8, 4) is 0 Å². The maximum atomic E-state index is 3.74. The predicted molar refractivity (Wildman–Crippen MR) is 29.4 cm³/mol. The third kappa shape index (κ3) is 2.13. The van der Waals surface area contributed by atoms with E-state index >= 15 is 0 Å². The second-order valence-electron chi connectivity index (χ2n) is 1.46. The van der Waals surface area contributed by atoms with Gasteiger partial charge in [-0.05, 0) is 6.42 Å². The van der Waals surface area contributed by atoms with Crippen molar-refractivity contribution in [1.82, 2.24) is 0 Å². The van der Waals surface area contributed by atoms with Crippen LogP contribution in [0.3, 0.4) is 0 Å². The number of hydrogen-bond donors (Lipinski definition) is 0. The van der Waals surface area contributed by atoms with Gasteiger partial charge in [0.1, 0.15) is 0 Å². The van der Waals surface area contributed by atoms with E-state index in [0.717, 1.165) is 6.42 Å². The van der Waals surface area contributed by atoms with E-state index in [2.05, 4.69) is 13.0 Å². The van der Waals surface area contributed by atoms with E-state index in [1.165, 1.54) is 5.57 Å². The normalized spacial score (nSPS) is 15.7. The molecule has 0 bridgehead atoms. The van der Waals surface area contributed by atoms with Gasteiger partial charge in [-0.3, -0.25) is 0 Å². The van der Waals surface area contributed by atoms with Gasteiger partial charge in [0.15, 0.2) is 0 Å². The molecule has 1 heteroatoms. The molecule has 0 aromatic carbocycles. The Balaban J connectivity index is -0.000000120. The summed E-state index contributed by atoms with van der Waals surface area (Å²) in [5.74, 6) is 0. The second-order valence-corrected chi connectivity index (χ2v) is 1.46. The first-order valence-corrected chi connectivity index (χ1v) is 2.07. The molecule has 0 aliphatic heterocycles. The van der Waals surface area contributed by atoms with Gasteiger partial charge in [-0.15, -0.1) is 12.2 Å². The Bertz CT molecular complexity index is 108. The van der Waals surface area contributed by atoms with E-state index in [1.54, 1.807) is 0 Å². The van der Waals surface area contributed by atoms with Crippen molar-refractivity contribution in [1.29, 1.82) is 0 Å². The molecule has 0 aromatic heterocycles. The molecule has 0 fully saturated rings. The molecule has 0 aromatic rings. The fourth-order valence-corrected chi connectivity index (χ4v) is 0.492. The van der Waals surface area contributed by atoms with Crippen LogP contribution in [-0.4, -0.2) is 0 Å². The molecule has 0 saturated heterocycles. The van der Waals surface area contributed by atoms with Gasteiger partial charge in [0, 0.05) is 26.2 Å². The minimum absolute atomic E-state index is 0. The van der Waals surface area contributed by atoms with Crippen LogP contribution < -0.4 is 0 Å². The predicted octanol–water partition coefficient (Wildman–Crippen LogP) is 1.93. The van der Waals surface area contributed by atoms with Gasteiger partial charge in [-0.1, -0.05) is 0 Å². The molecule has 0 unspecified atom stereocenters. The minimum Gasteiger partial charge on any atom is -1.00 e. The third-order valence-electron chi connectivity index (χ3n) is 0.848. The molecule has 1 aliphatic rings. The molecule has 7 heavy (non-hydrogen) atoms. The Morgan fingerprint density at radius 2 is 2.43 bits per heavy atom. The van der Waals surface area contributed by atoms with Crippen LogP contribution in [0.15, 0.2) is 23.8 Å². The van der Waals surface area contributed by atoms with Crippen LogP contribution in [0, 0.1) is 6.92 Å². The molecular formula is C6H9Zr-3. The van der Waals surface area contributed by atoms with Crippen molar-refractivity contribution >= 4 is 0 Å². The third-order valence-corrected chi connectivity index (χ3v) is 0.848. The van der Waals surface area contributed by atoms with Crippen LogP contribution in [0.2, 0.25) is 0 Å². The monoisotopic (exact) mass is 171 g/mol. The second kappa shape index (κ2) is 3.26. The van der Waals surface area contributed by atoms with E-state index in [-0.39, 0.29) is 29.1 Å². The zero-order valence-electron chi connectivity index (χ0n) is 6.15. The first-order chi connectivity index (χ1) is 2.89. The molecule has 1 rings (SSSR count). The SMILES string of the molecule is [CH2-]C1=CC=CC1.[H-].[H-].[Zr]. The molecular weight excluding hydrogens is 163 g/mol. The van der Waals surface area contributed by atoms with E-state index in [4.69, 9.17) is 0 Å². The van der Waals surface area contributed by atoms with Gasteiger partial charge in [-0.25, -0.2) is 18.6 Å². The summed E-state index contributed by atoms with van der Waals surface area (Å²) < 4.78 is 0. The molecule has 0 nitrogen and oxygen atoms in total. The van der Waals surface area contributed by atoms with Crippen LogP contribution in [0.5, 0.6) is 0 Å². The van der Waals surface area contributed by atoms with Crippen LogP contribution in [0.4, 0.5) is 0 Å². The summed E-state index contributed by atoms with van der Waals surface area (Å²) in [5.41, 5.74) is 1.22. The van der Waals surface area contributed by atoms with E-state index in [0.29, 0.717) is 0 Å². The maximum absolute atomic E-state index is 3.74. The fourth-order valence-electron chi connectivity index (χ4n) is 0.492. The Kier molecular flexibility index (Phi) is 3.37. The van der Waals surface area contributed by atoms with Crippen molar-refractivity contribution in [2.45, 2.75) is 6.42 Å². The van der Waals surface area contributed by atoms with Crippen molar-refractivity contribution in [2.24, 2.45) is 0 Å². The number of hydrogen-bond acceptors (Lipinski definition) is 0. The van der Waals surface area contributed by atoms with Gasteiger partial charge in [0.05, 0.1) is 0 Å². The summed E-state index contributed by atoms with van der Waals surface area (Å²) in [4.78, 5) is 0. The first-order valence-electron chi connectivity index (χ1n) is 2.07. The Labute approximate surface area is 66.4 Å². The van der Waals surface area contributed by atoms with E-state index in [9.17, 15) is 0 Å². The molecule has 0 atom stereocenters. The van der Waals surface area contributed by atoms with E-state index < -0.39 is 0 Å². The Hall–Kier alpha value is 0.233.